The summed E-state index contributed by atoms with van der Waals surface area (Å²) in [7, 11) is 0. The van der Waals surface area contributed by atoms with Crippen molar-refractivity contribution in [2.45, 2.75) is 31.2 Å². The van der Waals surface area contributed by atoms with E-state index < -0.39 is 0 Å². The van der Waals surface area contributed by atoms with Crippen LogP contribution < -0.4 is 5.73 Å². The van der Waals surface area contributed by atoms with Gasteiger partial charge in [0.2, 0.25) is 0 Å². The topological polar surface area (TPSA) is 54.7 Å². The molecule has 19 heavy (non-hydrogen) atoms. The van der Waals surface area contributed by atoms with Gasteiger partial charge in [-0.3, -0.25) is 0 Å². The first kappa shape index (κ1) is 11.9. The summed E-state index contributed by atoms with van der Waals surface area (Å²) in [6.07, 6.45) is 3.72. The number of fused-ring (bicyclic) bond motifs is 3. The van der Waals surface area contributed by atoms with Gasteiger partial charge in [0.1, 0.15) is 11.6 Å². The normalized spacial score (nSPS) is 33.4. The van der Waals surface area contributed by atoms with E-state index in [1.165, 1.54) is 25.3 Å². The number of hydrogen-bond donors (Lipinski definition) is 2. The van der Waals surface area contributed by atoms with Crippen LogP contribution in [0.3, 0.4) is 0 Å². The largest absolute Gasteiger partial charge is 0.342 e. The van der Waals surface area contributed by atoms with Crippen LogP contribution in [0.15, 0.2) is 16.6 Å². The monoisotopic (exact) mass is 323 g/mol. The van der Waals surface area contributed by atoms with Gasteiger partial charge >= 0.3 is 0 Å². The Morgan fingerprint density at radius 3 is 2.84 bits per heavy atom. The number of hydrogen-bond acceptors (Lipinski definition) is 2. The Labute approximate surface area is 118 Å². The molecular weight excluding hydrogens is 309 g/mol. The van der Waals surface area contributed by atoms with Crippen LogP contribution in [0.1, 0.15) is 31.0 Å². The third kappa shape index (κ3) is 1.68. The van der Waals surface area contributed by atoms with E-state index in [0.717, 1.165) is 16.9 Å². The molecule has 5 heteroatoms. The Bertz CT molecular complexity index is 612. The minimum atomic E-state index is -0.264. The molecule has 2 bridgehead atoms. The zero-order chi connectivity index (χ0) is 13.1. The van der Waals surface area contributed by atoms with Crippen molar-refractivity contribution in [2.24, 2.45) is 17.6 Å². The molecule has 100 valence electrons. The van der Waals surface area contributed by atoms with Crippen molar-refractivity contribution in [2.75, 3.05) is 0 Å². The molecule has 0 aliphatic heterocycles. The van der Waals surface area contributed by atoms with Crippen LogP contribution in [-0.4, -0.2) is 16.0 Å². The maximum Gasteiger partial charge on any atom is 0.139 e. The SMILES string of the molecule is NC1C2CCC(C2)C1c1nc2cc(Br)c(F)cc2[nH]1. The number of halogens is 2. The molecule has 4 unspecified atom stereocenters. The number of benzene rings is 1. The number of nitrogens with two attached hydrogens (primary N) is 1. The fourth-order valence-corrected chi connectivity index (χ4v) is 4.26. The first-order valence-electron chi connectivity index (χ1n) is 6.73. The Morgan fingerprint density at radius 1 is 1.32 bits per heavy atom. The Balaban J connectivity index is 1.79. The Morgan fingerprint density at radius 2 is 2.11 bits per heavy atom. The smallest absolute Gasteiger partial charge is 0.139 e. The van der Waals surface area contributed by atoms with Gasteiger partial charge < -0.3 is 10.7 Å². The molecule has 2 fully saturated rings. The molecule has 3 nitrogen and oxygen atoms in total. The van der Waals surface area contributed by atoms with Gasteiger partial charge in [0.05, 0.1) is 15.5 Å². The summed E-state index contributed by atoms with van der Waals surface area (Å²) in [5.74, 6) is 2.28. The fraction of sp³-hybridized carbons (Fsp3) is 0.500. The second-order valence-corrected chi connectivity index (χ2v) is 6.70. The van der Waals surface area contributed by atoms with Crippen molar-refractivity contribution in [1.29, 1.82) is 0 Å². The van der Waals surface area contributed by atoms with Crippen molar-refractivity contribution in [3.05, 3.63) is 28.2 Å². The molecule has 0 saturated heterocycles. The first-order chi connectivity index (χ1) is 9.13. The molecule has 0 amide bonds. The Kier molecular flexibility index (Phi) is 2.51. The van der Waals surface area contributed by atoms with Crippen molar-refractivity contribution < 1.29 is 4.39 Å². The molecule has 4 rings (SSSR count). The average Bonchev–Trinajstić information content (AvgIpc) is 3.03. The summed E-state index contributed by atoms with van der Waals surface area (Å²) in [5.41, 5.74) is 7.89. The zero-order valence-electron chi connectivity index (χ0n) is 10.4. The van der Waals surface area contributed by atoms with Gasteiger partial charge in [0, 0.05) is 18.0 Å². The quantitative estimate of drug-likeness (QED) is 0.846. The predicted molar refractivity (Wildman–Crippen MR) is 75.3 cm³/mol. The molecule has 2 aliphatic rings. The highest BCUT2D eigenvalue weighted by atomic mass is 79.9. The summed E-state index contributed by atoms with van der Waals surface area (Å²) in [6, 6.07) is 3.42. The highest BCUT2D eigenvalue weighted by molar-refractivity contribution is 9.10. The van der Waals surface area contributed by atoms with Gasteiger partial charge in [-0.2, -0.15) is 0 Å². The van der Waals surface area contributed by atoms with Crippen LogP contribution in [0, 0.1) is 17.7 Å². The summed E-state index contributed by atoms with van der Waals surface area (Å²) in [5, 5.41) is 0. The third-order valence-corrected chi connectivity index (χ3v) is 5.45. The zero-order valence-corrected chi connectivity index (χ0v) is 12.0. The third-order valence-electron chi connectivity index (χ3n) is 4.84. The molecule has 2 aromatic rings. The van der Waals surface area contributed by atoms with Crippen molar-refractivity contribution in [3.8, 4) is 0 Å². The van der Waals surface area contributed by atoms with Crippen LogP contribution in [0.2, 0.25) is 0 Å². The lowest BCUT2D eigenvalue weighted by molar-refractivity contribution is 0.356. The van der Waals surface area contributed by atoms with E-state index in [-0.39, 0.29) is 11.9 Å². The molecule has 0 radical (unpaired) electrons. The first-order valence-corrected chi connectivity index (χ1v) is 7.53. The van der Waals surface area contributed by atoms with Crippen LogP contribution >= 0.6 is 15.9 Å². The second-order valence-electron chi connectivity index (χ2n) is 5.84. The van der Waals surface area contributed by atoms with Crippen molar-refractivity contribution >= 4 is 27.0 Å². The van der Waals surface area contributed by atoms with Gasteiger partial charge in [0.25, 0.3) is 0 Å². The standard InChI is InChI=1S/C14H15BrFN3/c15-8-4-10-11(5-9(8)16)19-14(18-10)12-6-1-2-7(3-6)13(12)17/h4-7,12-13H,1-3,17H2,(H,18,19). The molecule has 2 saturated carbocycles. The van der Waals surface area contributed by atoms with Gasteiger partial charge in [-0.25, -0.2) is 9.37 Å². The van der Waals surface area contributed by atoms with Crippen LogP contribution in [0.5, 0.6) is 0 Å². The minimum absolute atomic E-state index is 0.201. The number of aromatic nitrogens is 2. The van der Waals surface area contributed by atoms with E-state index in [4.69, 9.17) is 5.73 Å². The van der Waals surface area contributed by atoms with Crippen LogP contribution in [0.25, 0.3) is 11.0 Å². The summed E-state index contributed by atoms with van der Waals surface area (Å²) in [6.45, 7) is 0. The van der Waals surface area contributed by atoms with E-state index in [2.05, 4.69) is 25.9 Å². The molecule has 3 N–H and O–H groups in total. The van der Waals surface area contributed by atoms with E-state index in [1.54, 1.807) is 6.07 Å². The molecule has 2 aliphatic carbocycles. The highest BCUT2D eigenvalue weighted by Crippen LogP contribution is 2.51. The van der Waals surface area contributed by atoms with Gasteiger partial charge in [-0.1, -0.05) is 0 Å². The number of nitrogens with one attached hydrogen (secondary N) is 1. The number of nitrogens with zero attached hydrogens (tertiary/aromatic N) is 1. The van der Waals surface area contributed by atoms with Crippen LogP contribution in [0.4, 0.5) is 4.39 Å². The molecule has 1 aromatic carbocycles. The summed E-state index contributed by atoms with van der Waals surface area (Å²) in [4.78, 5) is 7.90. The minimum Gasteiger partial charge on any atom is -0.342 e. The van der Waals surface area contributed by atoms with E-state index in [0.29, 0.717) is 22.2 Å². The molecule has 1 heterocycles. The number of H-pyrrole nitrogens is 1. The lowest BCUT2D eigenvalue weighted by atomic mass is 9.84. The van der Waals surface area contributed by atoms with E-state index in [1.807, 2.05) is 0 Å². The van der Waals surface area contributed by atoms with Crippen LogP contribution in [-0.2, 0) is 0 Å². The van der Waals surface area contributed by atoms with E-state index in [9.17, 15) is 4.39 Å². The summed E-state index contributed by atoms with van der Waals surface area (Å²) < 4.78 is 14.0. The number of rotatable bonds is 1. The van der Waals surface area contributed by atoms with Gasteiger partial charge in [-0.05, 0) is 53.1 Å². The molecule has 4 atom stereocenters. The highest BCUT2D eigenvalue weighted by Gasteiger charge is 2.47. The number of aromatic amines is 1. The lowest BCUT2D eigenvalue weighted by Gasteiger charge is -2.26. The fourth-order valence-electron chi connectivity index (χ4n) is 3.92. The number of imidazole rings is 1. The summed E-state index contributed by atoms with van der Waals surface area (Å²) >= 11 is 3.20. The molecule has 0 spiro atoms. The second kappa shape index (κ2) is 4.03. The molecular formula is C14H15BrFN3. The molecule has 1 aromatic heterocycles. The predicted octanol–water partition coefficient (Wildman–Crippen LogP) is 3.31. The van der Waals surface area contributed by atoms with Crippen molar-refractivity contribution in [3.63, 3.8) is 0 Å². The van der Waals surface area contributed by atoms with E-state index >= 15 is 0 Å². The Hall–Kier alpha value is -0.940. The maximum absolute atomic E-state index is 13.5. The van der Waals surface area contributed by atoms with Crippen molar-refractivity contribution in [1.82, 2.24) is 9.97 Å². The maximum atomic E-state index is 13.5. The van der Waals surface area contributed by atoms with Gasteiger partial charge in [0.15, 0.2) is 0 Å². The average molecular weight is 324 g/mol. The van der Waals surface area contributed by atoms with Gasteiger partial charge in [-0.15, -0.1) is 0 Å². The lowest BCUT2D eigenvalue weighted by Crippen LogP contribution is -2.34.